The van der Waals surface area contributed by atoms with Gasteiger partial charge in [-0.05, 0) is 73.6 Å². The lowest BCUT2D eigenvalue weighted by Crippen LogP contribution is -2.54. The average molecular weight is 597 g/mol. The van der Waals surface area contributed by atoms with Crippen LogP contribution in [-0.2, 0) is 9.59 Å². The molecule has 12 heteroatoms. The Balaban J connectivity index is 0.960. The van der Waals surface area contributed by atoms with Gasteiger partial charge in [0, 0.05) is 36.7 Å². The van der Waals surface area contributed by atoms with Crippen molar-refractivity contribution in [2.24, 2.45) is 11.8 Å². The van der Waals surface area contributed by atoms with E-state index < -0.39 is 29.7 Å². The third kappa shape index (κ3) is 5.87. The summed E-state index contributed by atoms with van der Waals surface area (Å²) in [4.78, 5) is 80.4. The molecular weight excluding hydrogens is 564 g/mol. The van der Waals surface area contributed by atoms with Gasteiger partial charge in [-0.25, -0.2) is 9.78 Å². The Morgan fingerprint density at radius 1 is 0.841 bits per heavy atom. The molecular formula is C32H32N6O6. The molecule has 2 aromatic carbocycles. The number of rotatable bonds is 7. The zero-order chi connectivity index (χ0) is 30.8. The summed E-state index contributed by atoms with van der Waals surface area (Å²) in [7, 11) is 0. The smallest absolute Gasteiger partial charge is 0.320 e. The van der Waals surface area contributed by atoms with Gasteiger partial charge in [0.2, 0.25) is 11.8 Å². The molecule has 2 aliphatic heterocycles. The van der Waals surface area contributed by atoms with Crippen LogP contribution in [0.4, 0.5) is 10.6 Å². The quantitative estimate of drug-likeness (QED) is 0.304. The van der Waals surface area contributed by atoms with E-state index in [-0.39, 0.29) is 47.4 Å². The van der Waals surface area contributed by atoms with Gasteiger partial charge in [-0.1, -0.05) is 24.3 Å². The van der Waals surface area contributed by atoms with Crippen molar-refractivity contribution < 1.29 is 28.8 Å². The van der Waals surface area contributed by atoms with Crippen molar-refractivity contribution in [1.82, 2.24) is 25.8 Å². The number of amides is 7. The van der Waals surface area contributed by atoms with Gasteiger partial charge in [-0.2, -0.15) is 0 Å². The van der Waals surface area contributed by atoms with Crippen molar-refractivity contribution in [1.29, 1.82) is 0 Å². The van der Waals surface area contributed by atoms with E-state index in [2.05, 4.69) is 26.3 Å². The number of hydrogen-bond acceptors (Lipinski definition) is 7. The number of carbonyl (C=O) groups excluding carboxylic acids is 6. The second kappa shape index (κ2) is 12.2. The number of nitrogens with one attached hydrogen (secondary N) is 4. The second-order valence-corrected chi connectivity index (χ2v) is 11.5. The van der Waals surface area contributed by atoms with Gasteiger partial charge in [0.15, 0.2) is 0 Å². The van der Waals surface area contributed by atoms with Crippen LogP contribution >= 0.6 is 0 Å². The number of pyridine rings is 1. The first-order valence-corrected chi connectivity index (χ1v) is 14.8. The first-order chi connectivity index (χ1) is 21.3. The van der Waals surface area contributed by atoms with Crippen LogP contribution in [0.5, 0.6) is 0 Å². The van der Waals surface area contributed by atoms with E-state index in [1.165, 1.54) is 18.2 Å². The van der Waals surface area contributed by atoms with Crippen molar-refractivity contribution in [2.75, 3.05) is 18.4 Å². The summed E-state index contributed by atoms with van der Waals surface area (Å²) in [6, 6.07) is 12.6. The Bertz CT molecular complexity index is 1680. The number of hydrogen-bond donors (Lipinski definition) is 4. The van der Waals surface area contributed by atoms with Crippen LogP contribution < -0.4 is 21.3 Å². The Morgan fingerprint density at radius 3 is 2.30 bits per heavy atom. The predicted molar refractivity (Wildman–Crippen MR) is 160 cm³/mol. The Kier molecular flexibility index (Phi) is 8.05. The lowest BCUT2D eigenvalue weighted by atomic mass is 9.82. The summed E-state index contributed by atoms with van der Waals surface area (Å²) in [6.07, 6.45) is 5.40. The van der Waals surface area contributed by atoms with E-state index in [1.807, 2.05) is 30.3 Å². The molecule has 1 aliphatic carbocycles. The van der Waals surface area contributed by atoms with Crippen LogP contribution in [0.3, 0.4) is 0 Å². The molecule has 0 spiro atoms. The van der Waals surface area contributed by atoms with E-state index in [0.717, 1.165) is 41.4 Å². The molecule has 2 fully saturated rings. The number of benzene rings is 2. The molecule has 1 unspecified atom stereocenters. The highest BCUT2D eigenvalue weighted by atomic mass is 16.2. The first kappa shape index (κ1) is 29.0. The molecule has 1 atom stereocenters. The minimum Gasteiger partial charge on any atom is -0.352 e. The highest BCUT2D eigenvalue weighted by Gasteiger charge is 2.44. The number of imide groups is 2. The van der Waals surface area contributed by atoms with Crippen molar-refractivity contribution in [2.45, 2.75) is 44.6 Å². The lowest BCUT2D eigenvalue weighted by Gasteiger charge is -2.28. The fourth-order valence-electron chi connectivity index (χ4n) is 6.20. The van der Waals surface area contributed by atoms with Gasteiger partial charge < -0.3 is 10.6 Å². The minimum absolute atomic E-state index is 0.0365. The molecule has 1 saturated heterocycles. The molecule has 12 nitrogen and oxygen atoms in total. The number of urea groups is 1. The SMILES string of the molecule is O=C1CCC(N2C(=O)c3ccc(C(=O)NC[C@H]4CC[C@H](CNC(=O)Nc5nccc6ccccc56)CC4)cc3C2=O)C(=O)N1. The van der Waals surface area contributed by atoms with Crippen molar-refractivity contribution in [3.8, 4) is 0 Å². The van der Waals surface area contributed by atoms with Crippen molar-refractivity contribution in [3.05, 3.63) is 71.4 Å². The van der Waals surface area contributed by atoms with Gasteiger partial charge in [0.1, 0.15) is 11.9 Å². The lowest BCUT2D eigenvalue weighted by molar-refractivity contribution is -0.136. The standard InChI is InChI=1S/C32H32N6O6/c39-26-12-11-25(29(41)36-26)38-30(42)23-10-9-21(15-24(23)31(38)43)28(40)34-16-18-5-7-19(8-6-18)17-35-32(44)37-27-22-4-2-1-3-20(22)13-14-33-27/h1-4,9-10,13-15,18-19,25H,5-8,11-12,16-17H2,(H,34,40)(H,36,39,41)(H2,33,35,37,44)/t18-,19-,25?. The molecule has 7 amide bonds. The average Bonchev–Trinajstić information content (AvgIpc) is 3.28. The van der Waals surface area contributed by atoms with Crippen LogP contribution in [0.25, 0.3) is 10.8 Å². The zero-order valence-electron chi connectivity index (χ0n) is 23.9. The van der Waals surface area contributed by atoms with Crippen LogP contribution in [-0.4, -0.2) is 64.6 Å². The maximum Gasteiger partial charge on any atom is 0.320 e. The number of nitrogens with zero attached hydrogens (tertiary/aromatic N) is 2. The van der Waals surface area contributed by atoms with E-state index in [0.29, 0.717) is 24.8 Å². The largest absolute Gasteiger partial charge is 0.352 e. The highest BCUT2D eigenvalue weighted by Crippen LogP contribution is 2.30. The number of aromatic nitrogens is 1. The maximum absolute atomic E-state index is 13.1. The van der Waals surface area contributed by atoms with Crippen LogP contribution in [0.2, 0.25) is 0 Å². The first-order valence-electron chi connectivity index (χ1n) is 14.8. The summed E-state index contributed by atoms with van der Waals surface area (Å²) >= 11 is 0. The van der Waals surface area contributed by atoms with E-state index in [1.54, 1.807) is 6.20 Å². The fraction of sp³-hybridized carbons (Fsp3) is 0.344. The Morgan fingerprint density at radius 2 is 1.55 bits per heavy atom. The summed E-state index contributed by atoms with van der Waals surface area (Å²) in [6.45, 7) is 1.02. The second-order valence-electron chi connectivity index (χ2n) is 11.5. The fourth-order valence-corrected chi connectivity index (χ4v) is 6.20. The third-order valence-electron chi connectivity index (χ3n) is 8.68. The summed E-state index contributed by atoms with van der Waals surface area (Å²) in [5.74, 6) is -1.60. The van der Waals surface area contributed by atoms with Gasteiger partial charge >= 0.3 is 6.03 Å². The maximum atomic E-state index is 13.1. The van der Waals surface area contributed by atoms with Crippen LogP contribution in [0.1, 0.15) is 69.6 Å². The summed E-state index contributed by atoms with van der Waals surface area (Å²) in [5.41, 5.74) is 0.450. The van der Waals surface area contributed by atoms with Gasteiger partial charge in [0.25, 0.3) is 17.7 Å². The monoisotopic (exact) mass is 596 g/mol. The molecule has 0 radical (unpaired) electrons. The molecule has 3 aromatic rings. The molecule has 44 heavy (non-hydrogen) atoms. The highest BCUT2D eigenvalue weighted by molar-refractivity contribution is 6.24. The molecule has 226 valence electrons. The van der Waals surface area contributed by atoms with Crippen LogP contribution in [0.15, 0.2) is 54.7 Å². The Labute approximate surface area is 253 Å². The molecule has 1 aromatic heterocycles. The number of fused-ring (bicyclic) bond motifs is 2. The summed E-state index contributed by atoms with van der Waals surface area (Å²) < 4.78 is 0. The normalized spacial score (nSPS) is 21.5. The molecule has 6 rings (SSSR count). The Hall–Kier alpha value is -5.13. The van der Waals surface area contributed by atoms with E-state index in [9.17, 15) is 28.8 Å². The van der Waals surface area contributed by atoms with Gasteiger partial charge in [-0.3, -0.25) is 39.5 Å². The topological polar surface area (TPSA) is 167 Å². The number of anilines is 1. The predicted octanol–water partition coefficient (Wildman–Crippen LogP) is 2.99. The molecule has 3 heterocycles. The molecule has 4 N–H and O–H groups in total. The van der Waals surface area contributed by atoms with Crippen molar-refractivity contribution >= 4 is 52.2 Å². The number of piperidine rings is 1. The van der Waals surface area contributed by atoms with Crippen molar-refractivity contribution in [3.63, 3.8) is 0 Å². The molecule has 3 aliphatic rings. The van der Waals surface area contributed by atoms with E-state index >= 15 is 0 Å². The van der Waals surface area contributed by atoms with Crippen LogP contribution in [0, 0.1) is 11.8 Å². The van der Waals surface area contributed by atoms with E-state index in [4.69, 9.17) is 0 Å². The minimum atomic E-state index is -1.06. The van der Waals surface area contributed by atoms with Gasteiger partial charge in [-0.15, -0.1) is 0 Å². The molecule has 0 bridgehead atoms. The summed E-state index contributed by atoms with van der Waals surface area (Å²) in [5, 5.41) is 12.8. The third-order valence-corrected chi connectivity index (χ3v) is 8.68. The zero-order valence-corrected chi connectivity index (χ0v) is 23.9. The number of carbonyl (C=O) groups is 6. The molecule has 1 saturated carbocycles. The van der Waals surface area contributed by atoms with Gasteiger partial charge in [0.05, 0.1) is 11.1 Å².